The summed E-state index contributed by atoms with van der Waals surface area (Å²) < 4.78 is 0. The summed E-state index contributed by atoms with van der Waals surface area (Å²) in [5.41, 5.74) is 1.46. The van der Waals surface area contributed by atoms with E-state index in [2.05, 4.69) is 10.6 Å². The molecule has 2 N–H and O–H groups in total. The lowest BCUT2D eigenvalue weighted by molar-refractivity contribution is -0.116. The van der Waals surface area contributed by atoms with Gasteiger partial charge in [0.05, 0.1) is 0 Å². The molecule has 126 valence electrons. The molecule has 4 heteroatoms. The molecule has 0 aromatic heterocycles. The van der Waals surface area contributed by atoms with E-state index in [0.717, 1.165) is 23.7 Å². The monoisotopic (exact) mass is 316 g/mol. The number of rotatable bonds is 7. The average molecular weight is 316 g/mol. The minimum absolute atomic E-state index is 0.0269. The fourth-order valence-corrected chi connectivity index (χ4v) is 3.17. The third kappa shape index (κ3) is 6.43. The highest BCUT2D eigenvalue weighted by atomic mass is 16.2. The van der Waals surface area contributed by atoms with Gasteiger partial charge in [-0.15, -0.1) is 0 Å². The number of hydrogen-bond donors (Lipinski definition) is 2. The van der Waals surface area contributed by atoms with Gasteiger partial charge in [-0.3, -0.25) is 9.59 Å². The first-order valence-corrected chi connectivity index (χ1v) is 8.87. The second kappa shape index (κ2) is 9.33. The molecule has 1 aromatic rings. The van der Waals surface area contributed by atoms with Crippen molar-refractivity contribution in [3.05, 3.63) is 24.3 Å². The van der Waals surface area contributed by atoms with Crippen molar-refractivity contribution in [3.63, 3.8) is 0 Å². The van der Waals surface area contributed by atoms with Crippen molar-refractivity contribution < 1.29 is 9.59 Å². The highest BCUT2D eigenvalue weighted by molar-refractivity contribution is 5.93. The van der Waals surface area contributed by atoms with Crippen molar-refractivity contribution in [1.29, 1.82) is 0 Å². The van der Waals surface area contributed by atoms with Crippen molar-refractivity contribution >= 4 is 23.2 Å². The maximum absolute atomic E-state index is 12.0. The normalized spacial score (nSPS) is 15.2. The summed E-state index contributed by atoms with van der Waals surface area (Å²) in [6.07, 6.45) is 9.90. The van der Waals surface area contributed by atoms with E-state index in [1.54, 1.807) is 6.07 Å². The molecule has 23 heavy (non-hydrogen) atoms. The summed E-state index contributed by atoms with van der Waals surface area (Å²) in [4.78, 5) is 23.5. The van der Waals surface area contributed by atoms with E-state index in [-0.39, 0.29) is 11.8 Å². The second-order valence-corrected chi connectivity index (χ2v) is 6.43. The highest BCUT2D eigenvalue weighted by Crippen LogP contribution is 2.27. The van der Waals surface area contributed by atoms with Gasteiger partial charge in [0, 0.05) is 24.2 Å². The van der Waals surface area contributed by atoms with Crippen LogP contribution in [-0.2, 0) is 9.59 Å². The third-order valence-corrected chi connectivity index (χ3v) is 4.49. The van der Waals surface area contributed by atoms with Gasteiger partial charge in [0.25, 0.3) is 0 Å². The number of carbonyl (C=O) groups excluding carboxylic acids is 2. The van der Waals surface area contributed by atoms with Crippen molar-refractivity contribution in [1.82, 2.24) is 0 Å². The number of hydrogen-bond acceptors (Lipinski definition) is 2. The van der Waals surface area contributed by atoms with Crippen LogP contribution in [-0.4, -0.2) is 11.8 Å². The molecule has 1 aliphatic carbocycles. The van der Waals surface area contributed by atoms with Crippen molar-refractivity contribution in [3.8, 4) is 0 Å². The Morgan fingerprint density at radius 3 is 2.35 bits per heavy atom. The Kier molecular flexibility index (Phi) is 7.11. The lowest BCUT2D eigenvalue weighted by atomic mass is 9.86. The van der Waals surface area contributed by atoms with E-state index in [1.165, 1.54) is 38.5 Å². The zero-order valence-corrected chi connectivity index (χ0v) is 14.1. The summed E-state index contributed by atoms with van der Waals surface area (Å²) in [5.74, 6) is 0.852. The van der Waals surface area contributed by atoms with Crippen LogP contribution in [0.4, 0.5) is 11.4 Å². The van der Waals surface area contributed by atoms with Crippen molar-refractivity contribution in [2.24, 2.45) is 5.92 Å². The topological polar surface area (TPSA) is 58.2 Å². The largest absolute Gasteiger partial charge is 0.326 e. The maximum atomic E-state index is 12.0. The number of anilines is 2. The first-order chi connectivity index (χ1) is 11.2. The molecule has 1 aromatic carbocycles. The number of nitrogens with one attached hydrogen (secondary N) is 2. The molecule has 0 heterocycles. The molecule has 1 aliphatic rings. The van der Waals surface area contributed by atoms with Crippen LogP contribution >= 0.6 is 0 Å². The summed E-state index contributed by atoms with van der Waals surface area (Å²) in [7, 11) is 0. The smallest absolute Gasteiger partial charge is 0.224 e. The first kappa shape index (κ1) is 17.5. The van der Waals surface area contributed by atoms with Crippen LogP contribution < -0.4 is 10.6 Å². The third-order valence-electron chi connectivity index (χ3n) is 4.49. The van der Waals surface area contributed by atoms with Crippen LogP contribution in [0.2, 0.25) is 0 Å². The first-order valence-electron chi connectivity index (χ1n) is 8.87. The van der Waals surface area contributed by atoms with E-state index in [4.69, 9.17) is 0 Å². The Morgan fingerprint density at radius 1 is 1.04 bits per heavy atom. The molecule has 0 radical (unpaired) electrons. The number of carbonyl (C=O) groups is 2. The SMILES string of the molecule is CCC(=O)Nc1cccc(NC(=O)CCCC2CCCCC2)c1. The molecule has 0 atom stereocenters. The summed E-state index contributed by atoms with van der Waals surface area (Å²) >= 11 is 0. The van der Waals surface area contributed by atoms with Gasteiger partial charge in [-0.1, -0.05) is 45.1 Å². The Hall–Kier alpha value is -1.84. The standard InChI is InChI=1S/C19H28N2O2/c1-2-18(22)20-16-11-7-12-17(14-16)21-19(23)13-6-10-15-8-4-3-5-9-15/h7,11-12,14-15H,2-6,8-10,13H2,1H3,(H,20,22)(H,21,23). The van der Waals surface area contributed by atoms with Crippen LogP contribution in [0.3, 0.4) is 0 Å². The fourth-order valence-electron chi connectivity index (χ4n) is 3.17. The molecule has 2 amide bonds. The summed E-state index contributed by atoms with van der Waals surface area (Å²) in [6.45, 7) is 1.81. The quantitative estimate of drug-likeness (QED) is 0.764. The lowest BCUT2D eigenvalue weighted by Gasteiger charge is -2.21. The van der Waals surface area contributed by atoms with Crippen molar-refractivity contribution in [2.45, 2.75) is 64.7 Å². The molecule has 0 spiro atoms. The Labute approximate surface area is 139 Å². The molecule has 1 saturated carbocycles. The zero-order chi connectivity index (χ0) is 16.5. The molecule has 0 bridgehead atoms. The molecule has 1 fully saturated rings. The lowest BCUT2D eigenvalue weighted by Crippen LogP contribution is -2.13. The molecule has 0 unspecified atom stereocenters. The maximum Gasteiger partial charge on any atom is 0.224 e. The van der Waals surface area contributed by atoms with Crippen LogP contribution in [0.25, 0.3) is 0 Å². The molecule has 2 rings (SSSR count). The van der Waals surface area contributed by atoms with Crippen LogP contribution in [0.15, 0.2) is 24.3 Å². The van der Waals surface area contributed by atoms with Gasteiger partial charge in [0.15, 0.2) is 0 Å². The van der Waals surface area contributed by atoms with Crippen LogP contribution in [0, 0.1) is 5.92 Å². The Bertz CT molecular complexity index is 522. The minimum Gasteiger partial charge on any atom is -0.326 e. The predicted molar refractivity (Wildman–Crippen MR) is 94.4 cm³/mol. The zero-order valence-electron chi connectivity index (χ0n) is 14.1. The number of benzene rings is 1. The van der Waals surface area contributed by atoms with Gasteiger partial charge >= 0.3 is 0 Å². The van der Waals surface area contributed by atoms with E-state index in [9.17, 15) is 9.59 Å². The molecule has 0 saturated heterocycles. The minimum atomic E-state index is -0.0269. The summed E-state index contributed by atoms with van der Waals surface area (Å²) in [6, 6.07) is 7.31. The van der Waals surface area contributed by atoms with Gasteiger partial charge in [0.2, 0.25) is 11.8 Å². The average Bonchev–Trinajstić information content (AvgIpc) is 2.56. The fraction of sp³-hybridized carbons (Fsp3) is 0.579. The number of amides is 2. The van der Waals surface area contributed by atoms with Crippen molar-refractivity contribution in [2.75, 3.05) is 10.6 Å². The van der Waals surface area contributed by atoms with Gasteiger partial charge in [-0.05, 0) is 37.0 Å². The predicted octanol–water partition coefficient (Wildman–Crippen LogP) is 4.72. The molecule has 4 nitrogen and oxygen atoms in total. The van der Waals surface area contributed by atoms with E-state index < -0.39 is 0 Å². The highest BCUT2D eigenvalue weighted by Gasteiger charge is 2.13. The van der Waals surface area contributed by atoms with E-state index in [0.29, 0.717) is 12.8 Å². The van der Waals surface area contributed by atoms with Gasteiger partial charge in [0.1, 0.15) is 0 Å². The Morgan fingerprint density at radius 2 is 1.70 bits per heavy atom. The molecular weight excluding hydrogens is 288 g/mol. The van der Waals surface area contributed by atoms with Gasteiger partial charge < -0.3 is 10.6 Å². The molecule has 0 aliphatic heterocycles. The van der Waals surface area contributed by atoms with Crippen LogP contribution in [0.5, 0.6) is 0 Å². The van der Waals surface area contributed by atoms with E-state index in [1.807, 2.05) is 25.1 Å². The second-order valence-electron chi connectivity index (χ2n) is 6.43. The Balaban J connectivity index is 1.73. The van der Waals surface area contributed by atoms with Gasteiger partial charge in [-0.2, -0.15) is 0 Å². The van der Waals surface area contributed by atoms with Crippen LogP contribution in [0.1, 0.15) is 64.7 Å². The summed E-state index contributed by atoms with van der Waals surface area (Å²) in [5, 5.41) is 5.72. The molecular formula is C19H28N2O2. The van der Waals surface area contributed by atoms with Gasteiger partial charge in [-0.25, -0.2) is 0 Å². The van der Waals surface area contributed by atoms with E-state index >= 15 is 0 Å².